The summed E-state index contributed by atoms with van der Waals surface area (Å²) in [6.45, 7) is 3.00. The van der Waals surface area contributed by atoms with E-state index in [9.17, 15) is 4.79 Å². The van der Waals surface area contributed by atoms with E-state index < -0.39 is 0 Å². The topological polar surface area (TPSA) is 41.6 Å². The lowest BCUT2D eigenvalue weighted by atomic mass is 9.95. The van der Waals surface area contributed by atoms with Gasteiger partial charge in [-0.05, 0) is 61.7 Å². The zero-order valence-corrected chi connectivity index (χ0v) is 18.1. The Morgan fingerprint density at radius 2 is 1.71 bits per heavy atom. The minimum Gasteiger partial charge on any atom is -0.497 e. The second-order valence-electron chi connectivity index (χ2n) is 8.12. The van der Waals surface area contributed by atoms with Crippen LogP contribution in [-0.2, 0) is 11.2 Å². The maximum Gasteiger partial charge on any atom is 0.227 e. The third kappa shape index (κ3) is 5.53. The molecule has 3 aromatic carbocycles. The molecule has 3 aromatic rings. The number of amides is 1. The Labute approximate surface area is 184 Å². The largest absolute Gasteiger partial charge is 0.497 e. The number of carbonyl (C=O) groups excluding carboxylic acids is 1. The molecule has 0 aromatic heterocycles. The van der Waals surface area contributed by atoms with Gasteiger partial charge in [-0.2, -0.15) is 0 Å². The van der Waals surface area contributed by atoms with Crippen molar-refractivity contribution in [3.63, 3.8) is 0 Å². The number of piperidine rings is 1. The summed E-state index contributed by atoms with van der Waals surface area (Å²) in [7, 11) is 1.67. The first kappa shape index (κ1) is 21.1. The van der Waals surface area contributed by atoms with Gasteiger partial charge >= 0.3 is 0 Å². The molecule has 1 fully saturated rings. The molecule has 0 bridgehead atoms. The van der Waals surface area contributed by atoms with Gasteiger partial charge in [0.1, 0.15) is 5.75 Å². The van der Waals surface area contributed by atoms with Crippen LogP contribution in [0.2, 0.25) is 0 Å². The minimum atomic E-state index is 0.0614. The van der Waals surface area contributed by atoms with Gasteiger partial charge in [0.2, 0.25) is 5.91 Å². The first-order valence-corrected chi connectivity index (χ1v) is 11.0. The summed E-state index contributed by atoms with van der Waals surface area (Å²) in [5, 5.41) is 3.19. The summed E-state index contributed by atoms with van der Waals surface area (Å²) in [6.07, 6.45) is 2.87. The van der Waals surface area contributed by atoms with Crippen molar-refractivity contribution in [2.75, 3.05) is 32.1 Å². The lowest BCUT2D eigenvalue weighted by molar-refractivity contribution is -0.121. The standard InChI is InChI=1S/C27H30N2O2/c1-31-24-11-7-10-23(20-24)25-12-5-6-13-26(25)28-27(30)22-15-18-29(19-16-22)17-14-21-8-3-2-4-9-21/h2-13,20,22H,14-19H2,1H3,(H,28,30). The molecule has 1 heterocycles. The average Bonchev–Trinajstić information content (AvgIpc) is 2.84. The maximum atomic E-state index is 13.0. The second kappa shape index (κ2) is 10.3. The monoisotopic (exact) mass is 414 g/mol. The lowest BCUT2D eigenvalue weighted by Gasteiger charge is -2.31. The van der Waals surface area contributed by atoms with Crippen molar-refractivity contribution in [3.8, 4) is 16.9 Å². The molecule has 0 atom stereocenters. The van der Waals surface area contributed by atoms with E-state index in [1.54, 1.807) is 7.11 Å². The molecule has 1 saturated heterocycles. The van der Waals surface area contributed by atoms with Crippen molar-refractivity contribution in [2.45, 2.75) is 19.3 Å². The van der Waals surface area contributed by atoms with Crippen LogP contribution in [0.1, 0.15) is 18.4 Å². The number of likely N-dealkylation sites (tertiary alicyclic amines) is 1. The molecule has 4 nitrogen and oxygen atoms in total. The SMILES string of the molecule is COc1cccc(-c2ccccc2NC(=O)C2CCN(CCc3ccccc3)CC2)c1. The Morgan fingerprint density at radius 1 is 0.968 bits per heavy atom. The van der Waals surface area contributed by atoms with Crippen molar-refractivity contribution in [3.05, 3.63) is 84.4 Å². The fraction of sp³-hybridized carbons (Fsp3) is 0.296. The van der Waals surface area contributed by atoms with Crippen LogP contribution in [0, 0.1) is 5.92 Å². The molecule has 1 aliphatic heterocycles. The number of ether oxygens (including phenoxy) is 1. The second-order valence-corrected chi connectivity index (χ2v) is 8.12. The Balaban J connectivity index is 1.34. The first-order valence-electron chi connectivity index (χ1n) is 11.0. The number of rotatable bonds is 7. The van der Waals surface area contributed by atoms with Crippen molar-refractivity contribution < 1.29 is 9.53 Å². The Bertz CT molecular complexity index is 995. The molecule has 0 saturated carbocycles. The van der Waals surface area contributed by atoms with E-state index in [0.717, 1.165) is 61.5 Å². The fourth-order valence-corrected chi connectivity index (χ4v) is 4.22. The molecule has 0 aliphatic carbocycles. The van der Waals surface area contributed by atoms with Gasteiger partial charge in [0.15, 0.2) is 0 Å². The van der Waals surface area contributed by atoms with Gasteiger partial charge in [-0.1, -0.05) is 60.7 Å². The maximum absolute atomic E-state index is 13.0. The highest BCUT2D eigenvalue weighted by molar-refractivity contribution is 5.96. The Hall–Kier alpha value is -3.11. The van der Waals surface area contributed by atoms with Gasteiger partial charge in [0, 0.05) is 23.7 Å². The minimum absolute atomic E-state index is 0.0614. The quantitative estimate of drug-likeness (QED) is 0.574. The van der Waals surface area contributed by atoms with E-state index in [4.69, 9.17) is 4.74 Å². The molecule has 0 unspecified atom stereocenters. The Morgan fingerprint density at radius 3 is 2.48 bits per heavy atom. The summed E-state index contributed by atoms with van der Waals surface area (Å²) in [5.74, 6) is 0.992. The van der Waals surface area contributed by atoms with Gasteiger partial charge in [-0.3, -0.25) is 4.79 Å². The van der Waals surface area contributed by atoms with Gasteiger partial charge < -0.3 is 15.0 Å². The number of anilines is 1. The molecular weight excluding hydrogens is 384 g/mol. The van der Waals surface area contributed by atoms with Crippen LogP contribution in [0.5, 0.6) is 5.75 Å². The Kier molecular flexibility index (Phi) is 7.00. The summed E-state index contributed by atoms with van der Waals surface area (Å²) in [6, 6.07) is 26.5. The third-order valence-corrected chi connectivity index (χ3v) is 6.08. The number of hydrogen-bond donors (Lipinski definition) is 1. The number of hydrogen-bond acceptors (Lipinski definition) is 3. The fourth-order valence-electron chi connectivity index (χ4n) is 4.22. The number of methoxy groups -OCH3 is 1. The zero-order chi connectivity index (χ0) is 21.5. The predicted molar refractivity (Wildman–Crippen MR) is 126 cm³/mol. The summed E-state index contributed by atoms with van der Waals surface area (Å²) < 4.78 is 5.36. The molecule has 31 heavy (non-hydrogen) atoms. The number of nitrogens with one attached hydrogen (secondary N) is 1. The van der Waals surface area contributed by atoms with Gasteiger partial charge in [0.05, 0.1) is 7.11 Å². The summed E-state index contributed by atoms with van der Waals surface area (Å²) in [5.41, 5.74) is 4.27. The van der Waals surface area contributed by atoms with Crippen LogP contribution in [0.15, 0.2) is 78.9 Å². The van der Waals surface area contributed by atoms with Crippen LogP contribution in [0.3, 0.4) is 0 Å². The molecule has 4 rings (SSSR count). The third-order valence-electron chi connectivity index (χ3n) is 6.08. The van der Waals surface area contributed by atoms with E-state index in [0.29, 0.717) is 0 Å². The van der Waals surface area contributed by atoms with Crippen molar-refractivity contribution in [1.82, 2.24) is 4.90 Å². The van der Waals surface area contributed by atoms with E-state index in [2.05, 4.69) is 40.5 Å². The molecule has 4 heteroatoms. The first-order chi connectivity index (χ1) is 15.2. The van der Waals surface area contributed by atoms with Crippen LogP contribution in [0.4, 0.5) is 5.69 Å². The van der Waals surface area contributed by atoms with E-state index in [1.165, 1.54) is 5.56 Å². The molecular formula is C27H30N2O2. The highest BCUT2D eigenvalue weighted by Gasteiger charge is 2.25. The van der Waals surface area contributed by atoms with E-state index >= 15 is 0 Å². The van der Waals surface area contributed by atoms with Crippen molar-refractivity contribution in [1.29, 1.82) is 0 Å². The molecule has 1 amide bonds. The predicted octanol–water partition coefficient (Wildman–Crippen LogP) is 5.26. The van der Waals surface area contributed by atoms with Crippen molar-refractivity contribution >= 4 is 11.6 Å². The number of para-hydroxylation sites is 1. The van der Waals surface area contributed by atoms with Crippen LogP contribution < -0.4 is 10.1 Å². The molecule has 0 radical (unpaired) electrons. The van der Waals surface area contributed by atoms with E-state index in [-0.39, 0.29) is 11.8 Å². The smallest absolute Gasteiger partial charge is 0.227 e. The lowest BCUT2D eigenvalue weighted by Crippen LogP contribution is -2.39. The zero-order valence-electron chi connectivity index (χ0n) is 18.1. The molecule has 160 valence electrons. The van der Waals surface area contributed by atoms with Gasteiger partial charge in [-0.15, -0.1) is 0 Å². The number of carbonyl (C=O) groups is 1. The summed E-state index contributed by atoms with van der Waals surface area (Å²) >= 11 is 0. The number of benzene rings is 3. The molecule has 1 aliphatic rings. The van der Waals surface area contributed by atoms with Crippen molar-refractivity contribution in [2.24, 2.45) is 5.92 Å². The van der Waals surface area contributed by atoms with Gasteiger partial charge in [0.25, 0.3) is 0 Å². The van der Waals surface area contributed by atoms with Crippen LogP contribution in [-0.4, -0.2) is 37.6 Å². The highest BCUT2D eigenvalue weighted by atomic mass is 16.5. The van der Waals surface area contributed by atoms with Crippen LogP contribution >= 0.6 is 0 Å². The molecule has 0 spiro atoms. The highest BCUT2D eigenvalue weighted by Crippen LogP contribution is 2.31. The summed E-state index contributed by atoms with van der Waals surface area (Å²) in [4.78, 5) is 15.5. The van der Waals surface area contributed by atoms with Crippen LogP contribution in [0.25, 0.3) is 11.1 Å². The van der Waals surface area contributed by atoms with Gasteiger partial charge in [-0.25, -0.2) is 0 Å². The average molecular weight is 415 g/mol. The number of nitrogens with zero attached hydrogens (tertiary/aromatic N) is 1. The normalized spacial score (nSPS) is 14.9. The molecule has 1 N–H and O–H groups in total. The van der Waals surface area contributed by atoms with E-state index in [1.807, 2.05) is 48.5 Å².